The van der Waals surface area contributed by atoms with Gasteiger partial charge in [0, 0.05) is 10.4 Å². The number of aryl methyl sites for hydroxylation is 2. The Kier molecular flexibility index (Phi) is 5.19. The molecule has 6 heteroatoms. The second-order valence-corrected chi connectivity index (χ2v) is 7.30. The van der Waals surface area contributed by atoms with E-state index < -0.39 is 17.6 Å². The van der Waals surface area contributed by atoms with Crippen molar-refractivity contribution in [2.75, 3.05) is 5.32 Å². The predicted molar refractivity (Wildman–Crippen MR) is 107 cm³/mol. The Morgan fingerprint density at radius 1 is 0.926 bits per heavy atom. The third-order valence-corrected chi connectivity index (χ3v) is 5.07. The maximum atomic E-state index is 12.5. The van der Waals surface area contributed by atoms with Crippen molar-refractivity contribution < 1.29 is 14.4 Å². The van der Waals surface area contributed by atoms with E-state index in [1.807, 2.05) is 50.2 Å². The monoisotopic (exact) mass is 378 g/mol. The van der Waals surface area contributed by atoms with Gasteiger partial charge >= 0.3 is 0 Å². The molecule has 1 heterocycles. The van der Waals surface area contributed by atoms with Gasteiger partial charge in [0.2, 0.25) is 0 Å². The minimum absolute atomic E-state index is 0.181. The summed E-state index contributed by atoms with van der Waals surface area (Å²) in [6.07, 6.45) is 0. The fraction of sp³-hybridized carbons (Fsp3) is 0.0952. The number of ketones is 1. The standard InChI is InChI=1S/C21H18N2O3S/c1-12-8-13(2)10-15(9-12)18(24)20(26)23-21-16(19(22)25)11-17(27-21)14-6-4-3-5-7-14/h3-11H,1-2H3,(H2,22,25)(H,23,26). The molecular weight excluding hydrogens is 360 g/mol. The minimum Gasteiger partial charge on any atom is -0.366 e. The van der Waals surface area contributed by atoms with Crippen LogP contribution in [0.1, 0.15) is 31.8 Å². The number of amides is 2. The molecule has 27 heavy (non-hydrogen) atoms. The Hall–Kier alpha value is -3.25. The highest BCUT2D eigenvalue weighted by Crippen LogP contribution is 2.35. The van der Waals surface area contributed by atoms with Gasteiger partial charge in [-0.05, 0) is 37.6 Å². The summed E-state index contributed by atoms with van der Waals surface area (Å²) in [6.45, 7) is 3.72. The first-order chi connectivity index (χ1) is 12.8. The van der Waals surface area contributed by atoms with Crippen molar-refractivity contribution in [3.05, 3.63) is 76.9 Å². The number of nitrogens with two attached hydrogens (primary N) is 1. The van der Waals surface area contributed by atoms with E-state index in [0.717, 1.165) is 21.6 Å². The molecule has 0 fully saturated rings. The van der Waals surface area contributed by atoms with Gasteiger partial charge in [0.1, 0.15) is 5.00 Å². The van der Waals surface area contributed by atoms with Crippen LogP contribution in [-0.2, 0) is 4.79 Å². The number of carbonyl (C=O) groups excluding carboxylic acids is 3. The summed E-state index contributed by atoms with van der Waals surface area (Å²) in [6, 6.07) is 16.3. The number of hydrogen-bond acceptors (Lipinski definition) is 4. The van der Waals surface area contributed by atoms with Crippen molar-refractivity contribution >= 4 is 33.9 Å². The summed E-state index contributed by atoms with van der Waals surface area (Å²) in [4.78, 5) is 37.5. The van der Waals surface area contributed by atoms with Crippen LogP contribution in [-0.4, -0.2) is 17.6 Å². The molecule has 0 saturated heterocycles. The number of Topliss-reactive ketones (excluding diaryl/α,β-unsaturated/α-hetero) is 1. The number of hydrogen-bond donors (Lipinski definition) is 2. The van der Waals surface area contributed by atoms with Gasteiger partial charge in [0.05, 0.1) is 5.56 Å². The van der Waals surface area contributed by atoms with Crippen molar-refractivity contribution in [2.24, 2.45) is 5.73 Å². The summed E-state index contributed by atoms with van der Waals surface area (Å²) in [5.41, 5.74) is 8.62. The van der Waals surface area contributed by atoms with E-state index in [1.54, 1.807) is 18.2 Å². The first-order valence-corrected chi connectivity index (χ1v) is 9.10. The molecular formula is C21H18N2O3S. The SMILES string of the molecule is Cc1cc(C)cc(C(=O)C(=O)Nc2sc(-c3ccccc3)cc2C(N)=O)c1. The number of benzene rings is 2. The van der Waals surface area contributed by atoms with E-state index in [-0.39, 0.29) is 10.6 Å². The first-order valence-electron chi connectivity index (χ1n) is 8.28. The largest absolute Gasteiger partial charge is 0.366 e. The lowest BCUT2D eigenvalue weighted by molar-refractivity contribution is -0.112. The van der Waals surface area contributed by atoms with E-state index in [9.17, 15) is 14.4 Å². The summed E-state index contributed by atoms with van der Waals surface area (Å²) in [7, 11) is 0. The summed E-state index contributed by atoms with van der Waals surface area (Å²) in [5, 5.41) is 2.82. The molecule has 3 rings (SSSR count). The van der Waals surface area contributed by atoms with Crippen LogP contribution in [0, 0.1) is 13.8 Å². The normalized spacial score (nSPS) is 10.4. The van der Waals surface area contributed by atoms with E-state index >= 15 is 0 Å². The van der Waals surface area contributed by atoms with E-state index in [4.69, 9.17) is 5.73 Å². The molecule has 2 amide bonds. The number of rotatable bonds is 5. The van der Waals surface area contributed by atoms with Gasteiger partial charge in [0.25, 0.3) is 17.6 Å². The van der Waals surface area contributed by atoms with Gasteiger partial charge in [-0.2, -0.15) is 0 Å². The molecule has 0 aliphatic heterocycles. The molecule has 0 aliphatic rings. The lowest BCUT2D eigenvalue weighted by Gasteiger charge is -2.06. The Bertz CT molecular complexity index is 1020. The summed E-state index contributed by atoms with van der Waals surface area (Å²) >= 11 is 1.20. The highest BCUT2D eigenvalue weighted by molar-refractivity contribution is 7.20. The van der Waals surface area contributed by atoms with Crippen LogP contribution in [0.5, 0.6) is 0 Å². The third kappa shape index (κ3) is 4.12. The van der Waals surface area contributed by atoms with Crippen LogP contribution in [0.25, 0.3) is 10.4 Å². The minimum atomic E-state index is -0.802. The molecule has 0 bridgehead atoms. The van der Waals surface area contributed by atoms with Gasteiger partial charge in [-0.15, -0.1) is 11.3 Å². The van der Waals surface area contributed by atoms with Crippen LogP contribution < -0.4 is 11.1 Å². The fourth-order valence-corrected chi connectivity index (χ4v) is 3.87. The average molecular weight is 378 g/mol. The lowest BCUT2D eigenvalue weighted by Crippen LogP contribution is -2.24. The smallest absolute Gasteiger partial charge is 0.297 e. The molecule has 0 unspecified atom stereocenters. The van der Waals surface area contributed by atoms with Gasteiger partial charge in [0.15, 0.2) is 0 Å². The molecule has 136 valence electrons. The Morgan fingerprint density at radius 2 is 1.56 bits per heavy atom. The third-order valence-electron chi connectivity index (χ3n) is 3.97. The Labute approximate surface area is 160 Å². The van der Waals surface area contributed by atoms with E-state index in [1.165, 1.54) is 11.3 Å². The molecule has 3 N–H and O–H groups in total. The first kappa shape index (κ1) is 18.5. The summed E-state index contributed by atoms with van der Waals surface area (Å²) < 4.78 is 0. The van der Waals surface area contributed by atoms with Crippen molar-refractivity contribution in [3.8, 4) is 10.4 Å². The van der Waals surface area contributed by atoms with Crippen LogP contribution in [0.2, 0.25) is 0 Å². The van der Waals surface area contributed by atoms with Crippen LogP contribution in [0.15, 0.2) is 54.6 Å². The highest BCUT2D eigenvalue weighted by atomic mass is 32.1. The number of anilines is 1. The van der Waals surface area contributed by atoms with Gasteiger partial charge in [-0.25, -0.2) is 0 Å². The van der Waals surface area contributed by atoms with E-state index in [0.29, 0.717) is 5.56 Å². The fourth-order valence-electron chi connectivity index (χ4n) is 2.81. The maximum Gasteiger partial charge on any atom is 0.297 e. The second kappa shape index (κ2) is 7.55. The molecule has 2 aromatic carbocycles. The predicted octanol–water partition coefficient (Wildman–Crippen LogP) is 3.95. The Morgan fingerprint density at radius 3 is 2.15 bits per heavy atom. The van der Waals surface area contributed by atoms with Crippen molar-refractivity contribution in [3.63, 3.8) is 0 Å². The number of thiophene rings is 1. The molecule has 1 aromatic heterocycles. The Balaban J connectivity index is 1.90. The molecule has 0 spiro atoms. The zero-order valence-corrected chi connectivity index (χ0v) is 15.7. The highest BCUT2D eigenvalue weighted by Gasteiger charge is 2.22. The zero-order valence-electron chi connectivity index (χ0n) is 14.9. The molecule has 5 nitrogen and oxygen atoms in total. The molecule has 0 radical (unpaired) electrons. The molecule has 0 atom stereocenters. The average Bonchev–Trinajstić information content (AvgIpc) is 3.05. The van der Waals surface area contributed by atoms with Gasteiger partial charge in [-0.1, -0.05) is 47.5 Å². The molecule has 0 saturated carbocycles. The van der Waals surface area contributed by atoms with Gasteiger partial charge in [-0.3, -0.25) is 14.4 Å². The number of nitrogens with one attached hydrogen (secondary N) is 1. The topological polar surface area (TPSA) is 89.3 Å². The van der Waals surface area contributed by atoms with Crippen molar-refractivity contribution in [1.29, 1.82) is 0 Å². The zero-order chi connectivity index (χ0) is 19.6. The van der Waals surface area contributed by atoms with Crippen LogP contribution in [0.3, 0.4) is 0 Å². The number of carbonyl (C=O) groups is 3. The second-order valence-electron chi connectivity index (χ2n) is 6.24. The van der Waals surface area contributed by atoms with Crippen LogP contribution in [0.4, 0.5) is 5.00 Å². The number of primary amides is 1. The molecule has 3 aromatic rings. The maximum absolute atomic E-state index is 12.5. The summed E-state index contributed by atoms with van der Waals surface area (Å²) in [5.74, 6) is -2.13. The van der Waals surface area contributed by atoms with Crippen molar-refractivity contribution in [2.45, 2.75) is 13.8 Å². The van der Waals surface area contributed by atoms with E-state index in [2.05, 4.69) is 5.32 Å². The quantitative estimate of drug-likeness (QED) is 0.520. The van der Waals surface area contributed by atoms with Crippen LogP contribution >= 0.6 is 11.3 Å². The van der Waals surface area contributed by atoms with Crippen molar-refractivity contribution in [1.82, 2.24) is 0 Å². The molecule has 0 aliphatic carbocycles. The lowest BCUT2D eigenvalue weighted by atomic mass is 10.0. The van der Waals surface area contributed by atoms with Gasteiger partial charge < -0.3 is 11.1 Å².